The van der Waals surface area contributed by atoms with Crippen molar-refractivity contribution in [1.82, 2.24) is 14.6 Å². The predicted molar refractivity (Wildman–Crippen MR) is 158 cm³/mol. The van der Waals surface area contributed by atoms with Crippen LogP contribution in [0, 0.1) is 10.2 Å². The summed E-state index contributed by atoms with van der Waals surface area (Å²) >= 11 is 5.19. The van der Waals surface area contributed by atoms with Crippen LogP contribution in [0.1, 0.15) is 40.8 Å². The third-order valence-electron chi connectivity index (χ3n) is 6.59. The molecule has 0 saturated carbocycles. The molecule has 2 unspecified atom stereocenters. The summed E-state index contributed by atoms with van der Waals surface area (Å²) in [5.41, 5.74) is -2.60. The van der Waals surface area contributed by atoms with E-state index in [1.165, 1.54) is 30.7 Å². The van der Waals surface area contributed by atoms with Crippen molar-refractivity contribution in [1.29, 1.82) is 0 Å². The molecule has 42 heavy (non-hydrogen) atoms. The number of benzene rings is 2. The Labute approximate surface area is 248 Å². The largest absolute Gasteiger partial charge is 0.464 e. The number of H-pyrrole nitrogens is 1. The summed E-state index contributed by atoms with van der Waals surface area (Å²) in [7, 11) is -4.35. The van der Waals surface area contributed by atoms with E-state index in [2.05, 4.69) is 10.1 Å². The van der Waals surface area contributed by atoms with Gasteiger partial charge < -0.3 is 24.2 Å². The molecule has 3 aromatic rings. The number of esters is 1. The zero-order chi connectivity index (χ0) is 30.9. The number of hydrogen-bond donors (Lipinski definition) is 4. The molecule has 12 nitrogen and oxygen atoms in total. The zero-order valence-corrected chi connectivity index (χ0v) is 25.7. The zero-order valence-electron chi connectivity index (χ0n) is 24.0. The van der Waals surface area contributed by atoms with E-state index in [4.69, 9.17) is 30.7 Å². The van der Waals surface area contributed by atoms with Crippen LogP contribution in [-0.2, 0) is 23.4 Å². The van der Waals surface area contributed by atoms with E-state index >= 15 is 0 Å². The van der Waals surface area contributed by atoms with E-state index in [0.29, 0.717) is 5.39 Å². The molecule has 1 fully saturated rings. The lowest BCUT2D eigenvalue weighted by Crippen LogP contribution is -2.45. The van der Waals surface area contributed by atoms with Gasteiger partial charge in [-0.25, -0.2) is 4.57 Å². The van der Waals surface area contributed by atoms with Crippen molar-refractivity contribution < 1.29 is 38.1 Å². The molecule has 6 atom stereocenters. The van der Waals surface area contributed by atoms with Crippen molar-refractivity contribution in [3.05, 3.63) is 69.9 Å². The number of rotatable bonds is 10. The Morgan fingerprint density at radius 2 is 1.93 bits per heavy atom. The van der Waals surface area contributed by atoms with E-state index in [9.17, 15) is 24.4 Å². The van der Waals surface area contributed by atoms with Crippen LogP contribution in [0.2, 0.25) is 0 Å². The highest BCUT2D eigenvalue weighted by molar-refractivity contribution is 7.71. The van der Waals surface area contributed by atoms with Gasteiger partial charge in [-0.3, -0.25) is 23.7 Å². The second-order valence-electron chi connectivity index (χ2n) is 11.6. The topological polar surface area (TPSA) is 161 Å². The second kappa shape index (κ2) is 12.4. The van der Waals surface area contributed by atoms with E-state index < -0.39 is 56.0 Å². The highest BCUT2D eigenvalue weighted by atomic mass is 32.1. The summed E-state index contributed by atoms with van der Waals surface area (Å²) in [4.78, 5) is 26.8. The first kappa shape index (κ1) is 32.0. The van der Waals surface area contributed by atoms with Crippen LogP contribution in [0.4, 0.5) is 0 Å². The number of aromatic nitrogens is 2. The van der Waals surface area contributed by atoms with Gasteiger partial charge in [0.2, 0.25) is 0 Å². The lowest BCUT2D eigenvalue weighted by atomic mass is 9.96. The SMILES string of the molecule is C[C@H](NP(=O)(OC[C@H]1O[C@@H](n2ccc(=O)[nH]c2=S)[C@](C)(O)C1O)Oc1cccc2ccccc12)C(=O)OCC(C)(C)C. The Balaban J connectivity index is 1.58. The number of nitrogens with zero attached hydrogens (tertiary/aromatic N) is 1. The first-order chi connectivity index (χ1) is 19.6. The highest BCUT2D eigenvalue weighted by Gasteiger charge is 2.54. The molecule has 1 saturated heterocycles. The molecule has 0 amide bonds. The number of aliphatic hydroxyl groups is 2. The van der Waals surface area contributed by atoms with Crippen LogP contribution in [-0.4, -0.2) is 62.8 Å². The number of hydrogen-bond acceptors (Lipinski definition) is 10. The maximum absolute atomic E-state index is 14.2. The van der Waals surface area contributed by atoms with Gasteiger partial charge in [0.25, 0.3) is 5.56 Å². The van der Waals surface area contributed by atoms with Gasteiger partial charge in [-0.05, 0) is 42.9 Å². The quantitative estimate of drug-likeness (QED) is 0.148. The Kier molecular flexibility index (Phi) is 9.43. The summed E-state index contributed by atoms with van der Waals surface area (Å²) in [6, 6.07) is 12.6. The van der Waals surface area contributed by atoms with Crippen LogP contribution >= 0.6 is 20.0 Å². The smallest absolute Gasteiger partial charge is 0.459 e. The van der Waals surface area contributed by atoms with Crippen LogP contribution in [0.3, 0.4) is 0 Å². The molecule has 228 valence electrons. The Morgan fingerprint density at radius 1 is 1.24 bits per heavy atom. The summed E-state index contributed by atoms with van der Waals surface area (Å²) in [6.45, 7) is 8.16. The van der Waals surface area contributed by atoms with E-state index in [-0.39, 0.29) is 22.5 Å². The van der Waals surface area contributed by atoms with Gasteiger partial charge >= 0.3 is 13.7 Å². The molecule has 2 heterocycles. The van der Waals surface area contributed by atoms with Gasteiger partial charge in [0, 0.05) is 17.6 Å². The average molecular weight is 622 g/mol. The van der Waals surface area contributed by atoms with Gasteiger partial charge in [0.15, 0.2) is 11.0 Å². The number of carbonyl (C=O) groups is 1. The van der Waals surface area contributed by atoms with E-state index in [1.54, 1.807) is 24.3 Å². The lowest BCUT2D eigenvalue weighted by molar-refractivity contribution is -0.148. The van der Waals surface area contributed by atoms with Crippen molar-refractivity contribution in [3.63, 3.8) is 0 Å². The standard InChI is InChI=1S/C28H36N3O9PS/c1-17(24(34)37-16-27(2,3)4)30-41(36,40-20-12-8-10-18-9-6-7-11-19(18)20)38-15-21-23(33)28(5,35)25(39-21)31-14-13-22(32)29-26(31)42/h6-14,17,21,23,25,33,35H,15-16H2,1-5H3,(H,30,36)(H,29,32,42)/t17-,21+,23?,25+,28+,41?/m0/s1. The molecule has 4 N–H and O–H groups in total. The molecular weight excluding hydrogens is 585 g/mol. The van der Waals surface area contributed by atoms with Crippen molar-refractivity contribution >= 4 is 36.7 Å². The van der Waals surface area contributed by atoms with E-state index in [1.807, 2.05) is 39.0 Å². The summed E-state index contributed by atoms with van der Waals surface area (Å²) in [5.74, 6) is -0.431. The number of carbonyl (C=O) groups excluding carboxylic acids is 1. The average Bonchev–Trinajstić information content (AvgIpc) is 3.14. The maximum atomic E-state index is 14.2. The van der Waals surface area contributed by atoms with Crippen molar-refractivity contribution in [2.45, 2.75) is 64.7 Å². The minimum absolute atomic E-state index is 0.0317. The van der Waals surface area contributed by atoms with E-state index in [0.717, 1.165) is 5.39 Å². The van der Waals surface area contributed by atoms with Gasteiger partial charge in [-0.1, -0.05) is 57.2 Å². The molecule has 14 heteroatoms. The molecule has 1 aliphatic heterocycles. The molecule has 1 aliphatic rings. The van der Waals surface area contributed by atoms with Crippen LogP contribution in [0.15, 0.2) is 59.5 Å². The van der Waals surface area contributed by atoms with Crippen LogP contribution < -0.4 is 15.2 Å². The first-order valence-corrected chi connectivity index (χ1v) is 15.3. The van der Waals surface area contributed by atoms with Gasteiger partial charge in [-0.2, -0.15) is 5.09 Å². The minimum Gasteiger partial charge on any atom is -0.464 e. The Hall–Kier alpha value is -2.90. The minimum atomic E-state index is -4.35. The maximum Gasteiger partial charge on any atom is 0.459 e. The molecule has 0 aliphatic carbocycles. The molecule has 0 spiro atoms. The number of aliphatic hydroxyl groups excluding tert-OH is 1. The fourth-order valence-electron chi connectivity index (χ4n) is 4.36. The van der Waals surface area contributed by atoms with Gasteiger partial charge in [0.05, 0.1) is 13.2 Å². The Morgan fingerprint density at radius 3 is 2.62 bits per heavy atom. The van der Waals surface area contributed by atoms with Gasteiger partial charge in [-0.15, -0.1) is 0 Å². The number of aromatic amines is 1. The third-order valence-corrected chi connectivity index (χ3v) is 8.53. The summed E-state index contributed by atoms with van der Waals surface area (Å²) in [5, 5.41) is 26.2. The monoisotopic (exact) mass is 621 g/mol. The van der Waals surface area contributed by atoms with Crippen molar-refractivity contribution in [2.75, 3.05) is 13.2 Å². The van der Waals surface area contributed by atoms with Crippen molar-refractivity contribution in [3.8, 4) is 5.75 Å². The molecule has 2 aromatic carbocycles. The van der Waals surface area contributed by atoms with Gasteiger partial charge in [0.1, 0.15) is 29.6 Å². The molecule has 1 aromatic heterocycles. The predicted octanol–water partition coefficient (Wildman–Crippen LogP) is 3.84. The van der Waals surface area contributed by atoms with Crippen molar-refractivity contribution in [2.24, 2.45) is 5.41 Å². The molecular formula is C28H36N3O9PS. The Bertz CT molecular complexity index is 1590. The number of nitrogens with one attached hydrogen (secondary N) is 2. The normalized spacial score (nSPS) is 24.7. The summed E-state index contributed by atoms with van der Waals surface area (Å²) in [6.07, 6.45) is -2.59. The molecule has 0 radical (unpaired) electrons. The van der Waals surface area contributed by atoms with Crippen LogP contribution in [0.25, 0.3) is 10.8 Å². The molecule has 0 bridgehead atoms. The van der Waals surface area contributed by atoms with Crippen LogP contribution in [0.5, 0.6) is 5.75 Å². The fourth-order valence-corrected chi connectivity index (χ4v) is 6.14. The highest BCUT2D eigenvalue weighted by Crippen LogP contribution is 2.48. The third kappa shape index (κ3) is 7.35. The fraction of sp³-hybridized carbons (Fsp3) is 0.464. The second-order valence-corrected chi connectivity index (χ2v) is 13.7. The number of ether oxygens (including phenoxy) is 2. The molecule has 4 rings (SSSR count). The first-order valence-electron chi connectivity index (χ1n) is 13.3. The summed E-state index contributed by atoms with van der Waals surface area (Å²) < 4.78 is 38.4. The number of fused-ring (bicyclic) bond motifs is 1. The lowest BCUT2D eigenvalue weighted by Gasteiger charge is -2.28.